The number of rotatable bonds is 5. The minimum absolute atomic E-state index is 0.0273. The third-order valence-corrected chi connectivity index (χ3v) is 4.56. The van der Waals surface area contributed by atoms with Crippen molar-refractivity contribution in [2.45, 2.75) is 38.1 Å². The molecule has 27 heavy (non-hydrogen) atoms. The first kappa shape index (κ1) is 18.4. The molecule has 1 aliphatic carbocycles. The van der Waals surface area contributed by atoms with Crippen LogP contribution in [0.4, 0.5) is 5.69 Å². The van der Waals surface area contributed by atoms with E-state index in [0.717, 1.165) is 25.7 Å². The Bertz CT molecular complexity index is 917. The molecule has 1 aromatic carbocycles. The number of non-ortho nitro benzene ring substituents is 1. The van der Waals surface area contributed by atoms with Gasteiger partial charge in [0.2, 0.25) is 0 Å². The van der Waals surface area contributed by atoms with Gasteiger partial charge in [-0.05, 0) is 25.0 Å². The monoisotopic (exact) mass is 365 g/mol. The summed E-state index contributed by atoms with van der Waals surface area (Å²) in [5.74, 6) is 0.361. The maximum Gasteiger partial charge on any atom is 0.270 e. The Kier molecular flexibility index (Phi) is 5.67. The van der Waals surface area contributed by atoms with Gasteiger partial charge in [-0.1, -0.05) is 31.4 Å². The molecule has 1 amide bonds. The van der Waals surface area contributed by atoms with Gasteiger partial charge in [-0.2, -0.15) is 5.26 Å². The lowest BCUT2D eigenvalue weighted by Crippen LogP contribution is -2.36. The molecule has 2 aromatic rings. The SMILES string of the molecule is N#C/C(=C/c1ccc(-c2cccc([N+](=O)[O-])c2)o1)C(=O)NC1CCCCC1. The maximum absolute atomic E-state index is 12.3. The first-order valence-corrected chi connectivity index (χ1v) is 8.84. The number of carbonyl (C=O) groups excluding carboxylic acids is 1. The van der Waals surface area contributed by atoms with Crippen LogP contribution in [0.5, 0.6) is 0 Å². The molecule has 1 aromatic heterocycles. The van der Waals surface area contributed by atoms with Gasteiger partial charge in [0.15, 0.2) is 0 Å². The number of carbonyl (C=O) groups is 1. The molecule has 1 N–H and O–H groups in total. The van der Waals surface area contributed by atoms with Crippen molar-refractivity contribution < 1.29 is 14.1 Å². The molecule has 0 atom stereocenters. The van der Waals surface area contributed by atoms with Crippen LogP contribution in [-0.2, 0) is 4.79 Å². The quantitative estimate of drug-likeness (QED) is 0.369. The Morgan fingerprint density at radius 2 is 2.04 bits per heavy atom. The van der Waals surface area contributed by atoms with E-state index in [-0.39, 0.29) is 17.3 Å². The summed E-state index contributed by atoms with van der Waals surface area (Å²) in [4.78, 5) is 22.7. The second-order valence-electron chi connectivity index (χ2n) is 6.49. The lowest BCUT2D eigenvalue weighted by molar-refractivity contribution is -0.384. The summed E-state index contributed by atoms with van der Waals surface area (Å²) in [6, 6.07) is 11.4. The molecule has 1 heterocycles. The van der Waals surface area contributed by atoms with Gasteiger partial charge >= 0.3 is 0 Å². The molecule has 0 saturated heterocycles. The standard InChI is InChI=1S/C20H19N3O4/c21-13-15(20(24)22-16-6-2-1-3-7-16)12-18-9-10-19(27-18)14-5-4-8-17(11-14)23(25)26/h4-5,8-12,16H,1-3,6-7H2,(H,22,24)/b15-12-. The number of hydrogen-bond donors (Lipinski definition) is 1. The number of nitrogens with one attached hydrogen (secondary N) is 1. The minimum atomic E-state index is -0.476. The summed E-state index contributed by atoms with van der Waals surface area (Å²) in [6.45, 7) is 0. The predicted molar refractivity (Wildman–Crippen MR) is 99.4 cm³/mol. The summed E-state index contributed by atoms with van der Waals surface area (Å²) < 4.78 is 5.65. The van der Waals surface area contributed by atoms with Crippen LogP contribution in [0.1, 0.15) is 37.9 Å². The zero-order valence-electron chi connectivity index (χ0n) is 14.7. The molecular formula is C20H19N3O4. The first-order valence-electron chi connectivity index (χ1n) is 8.84. The lowest BCUT2D eigenvalue weighted by atomic mass is 9.95. The van der Waals surface area contributed by atoms with E-state index in [1.807, 2.05) is 6.07 Å². The highest BCUT2D eigenvalue weighted by Gasteiger charge is 2.18. The fourth-order valence-electron chi connectivity index (χ4n) is 3.16. The van der Waals surface area contributed by atoms with Crippen LogP contribution in [0.25, 0.3) is 17.4 Å². The van der Waals surface area contributed by atoms with E-state index >= 15 is 0 Å². The molecule has 0 unspecified atom stereocenters. The first-order chi connectivity index (χ1) is 13.1. The lowest BCUT2D eigenvalue weighted by Gasteiger charge is -2.22. The summed E-state index contributed by atoms with van der Waals surface area (Å²) in [5.41, 5.74) is 0.486. The van der Waals surface area contributed by atoms with Crippen molar-refractivity contribution in [1.82, 2.24) is 5.32 Å². The second-order valence-corrected chi connectivity index (χ2v) is 6.49. The molecule has 1 aliphatic rings. The topological polar surface area (TPSA) is 109 Å². The van der Waals surface area contributed by atoms with Crippen LogP contribution < -0.4 is 5.32 Å². The largest absolute Gasteiger partial charge is 0.457 e. The van der Waals surface area contributed by atoms with Crippen LogP contribution in [0.15, 0.2) is 46.4 Å². The highest BCUT2D eigenvalue weighted by molar-refractivity contribution is 6.01. The number of furan rings is 1. The molecule has 0 radical (unpaired) electrons. The average molecular weight is 365 g/mol. The third kappa shape index (κ3) is 4.61. The third-order valence-electron chi connectivity index (χ3n) is 4.56. The summed E-state index contributed by atoms with van der Waals surface area (Å²) in [6.07, 6.45) is 6.60. The van der Waals surface area contributed by atoms with Gasteiger partial charge in [-0.15, -0.1) is 0 Å². The van der Waals surface area contributed by atoms with E-state index in [0.29, 0.717) is 17.1 Å². The number of nitro benzene ring substituents is 1. The van der Waals surface area contributed by atoms with Crippen LogP contribution in [0, 0.1) is 21.4 Å². The summed E-state index contributed by atoms with van der Waals surface area (Å²) in [7, 11) is 0. The number of nitro groups is 1. The van der Waals surface area contributed by atoms with E-state index in [9.17, 15) is 20.2 Å². The minimum Gasteiger partial charge on any atom is -0.457 e. The zero-order valence-corrected chi connectivity index (χ0v) is 14.7. The molecule has 138 valence electrons. The Balaban J connectivity index is 1.76. The van der Waals surface area contributed by atoms with Gasteiger partial charge in [-0.25, -0.2) is 0 Å². The Morgan fingerprint density at radius 1 is 1.26 bits per heavy atom. The Hall–Kier alpha value is -3.40. The van der Waals surface area contributed by atoms with Gasteiger partial charge in [0.1, 0.15) is 23.2 Å². The van der Waals surface area contributed by atoms with Crippen molar-refractivity contribution in [1.29, 1.82) is 5.26 Å². The van der Waals surface area contributed by atoms with Crippen LogP contribution in [-0.4, -0.2) is 16.9 Å². The van der Waals surface area contributed by atoms with E-state index < -0.39 is 10.8 Å². The molecule has 7 nitrogen and oxygen atoms in total. The van der Waals surface area contributed by atoms with Crippen molar-refractivity contribution in [3.05, 3.63) is 57.8 Å². The highest BCUT2D eigenvalue weighted by atomic mass is 16.6. The van der Waals surface area contributed by atoms with Gasteiger partial charge < -0.3 is 9.73 Å². The molecule has 7 heteroatoms. The molecule has 0 aliphatic heterocycles. The molecule has 1 fully saturated rings. The fourth-order valence-corrected chi connectivity index (χ4v) is 3.16. The van der Waals surface area contributed by atoms with Gasteiger partial charge in [-0.3, -0.25) is 14.9 Å². The van der Waals surface area contributed by atoms with Crippen molar-refractivity contribution in [2.24, 2.45) is 0 Å². The number of amides is 1. The van der Waals surface area contributed by atoms with Crippen LogP contribution >= 0.6 is 0 Å². The van der Waals surface area contributed by atoms with Crippen LogP contribution in [0.3, 0.4) is 0 Å². The molecule has 0 spiro atoms. The normalized spacial score (nSPS) is 15.1. The van der Waals surface area contributed by atoms with E-state index in [1.165, 1.54) is 24.6 Å². The molecule has 0 bridgehead atoms. The number of hydrogen-bond acceptors (Lipinski definition) is 5. The summed E-state index contributed by atoms with van der Waals surface area (Å²) >= 11 is 0. The van der Waals surface area contributed by atoms with Gasteiger partial charge in [0.05, 0.1) is 4.92 Å². The van der Waals surface area contributed by atoms with Gasteiger partial charge in [0.25, 0.3) is 11.6 Å². The van der Waals surface area contributed by atoms with Crippen molar-refractivity contribution in [3.8, 4) is 17.4 Å². The zero-order chi connectivity index (χ0) is 19.2. The fraction of sp³-hybridized carbons (Fsp3) is 0.300. The number of benzene rings is 1. The molecule has 3 rings (SSSR count). The smallest absolute Gasteiger partial charge is 0.270 e. The van der Waals surface area contributed by atoms with Gasteiger partial charge in [0, 0.05) is 29.8 Å². The number of nitriles is 1. The second kappa shape index (κ2) is 8.32. The number of nitrogens with zero attached hydrogens (tertiary/aromatic N) is 2. The average Bonchev–Trinajstić information content (AvgIpc) is 3.15. The predicted octanol–water partition coefficient (Wildman–Crippen LogP) is 4.21. The van der Waals surface area contributed by atoms with E-state index in [1.54, 1.807) is 24.3 Å². The molecule has 1 saturated carbocycles. The maximum atomic E-state index is 12.3. The van der Waals surface area contributed by atoms with Crippen LogP contribution in [0.2, 0.25) is 0 Å². The van der Waals surface area contributed by atoms with Crippen molar-refractivity contribution in [3.63, 3.8) is 0 Å². The summed E-state index contributed by atoms with van der Waals surface area (Å²) in [5, 5.41) is 23.1. The molecular weight excluding hydrogens is 346 g/mol. The van der Waals surface area contributed by atoms with E-state index in [2.05, 4.69) is 5.32 Å². The van der Waals surface area contributed by atoms with E-state index in [4.69, 9.17) is 4.42 Å². The van der Waals surface area contributed by atoms with Crippen molar-refractivity contribution in [2.75, 3.05) is 0 Å². The Labute approximate surface area is 156 Å². The van der Waals surface area contributed by atoms with Crippen molar-refractivity contribution >= 4 is 17.7 Å². The highest BCUT2D eigenvalue weighted by Crippen LogP contribution is 2.26. The Morgan fingerprint density at radius 3 is 2.74 bits per heavy atom.